The summed E-state index contributed by atoms with van der Waals surface area (Å²) in [5, 5.41) is 5.85. The Kier molecular flexibility index (Phi) is 11.0. The number of nitrogens with two attached hydrogens (primary N) is 1. The van der Waals surface area contributed by atoms with Crippen molar-refractivity contribution in [2.75, 3.05) is 11.9 Å². The SMILES string of the molecule is CC(C)C[C@H]1CCCN1C(=O)c1cc(C(=O)N[C@@H](Cc2ccccc2)[C@@H](N)C[C@@H](C)C(=O)Nc2ccc(F)cc2)ccn1. The van der Waals surface area contributed by atoms with Crippen LogP contribution in [0.4, 0.5) is 10.1 Å². The second kappa shape index (κ2) is 14.9. The minimum absolute atomic E-state index is 0.156. The van der Waals surface area contributed by atoms with Gasteiger partial charge in [0.25, 0.3) is 11.8 Å². The minimum Gasteiger partial charge on any atom is -0.347 e. The van der Waals surface area contributed by atoms with Crippen LogP contribution in [0, 0.1) is 17.7 Å². The molecule has 2 aromatic carbocycles. The quantitative estimate of drug-likeness (QED) is 0.269. The van der Waals surface area contributed by atoms with Crippen molar-refractivity contribution in [3.63, 3.8) is 0 Å². The fourth-order valence-corrected chi connectivity index (χ4v) is 5.64. The second-order valence-corrected chi connectivity index (χ2v) is 11.9. The number of hydrogen-bond donors (Lipinski definition) is 3. The van der Waals surface area contributed by atoms with E-state index >= 15 is 0 Å². The van der Waals surface area contributed by atoms with Crippen molar-refractivity contribution in [1.29, 1.82) is 0 Å². The average molecular weight is 588 g/mol. The van der Waals surface area contributed by atoms with Gasteiger partial charge in [0.2, 0.25) is 5.91 Å². The Bertz CT molecular complexity index is 1380. The molecule has 1 fully saturated rings. The molecule has 0 unspecified atom stereocenters. The van der Waals surface area contributed by atoms with Crippen LogP contribution < -0.4 is 16.4 Å². The molecule has 3 amide bonds. The number of anilines is 1. The Morgan fingerprint density at radius 2 is 1.77 bits per heavy atom. The van der Waals surface area contributed by atoms with E-state index in [-0.39, 0.29) is 35.3 Å². The normalized spacial score (nSPS) is 16.9. The molecule has 1 aliphatic heterocycles. The fraction of sp³-hybridized carbons (Fsp3) is 0.412. The van der Waals surface area contributed by atoms with Crippen LogP contribution in [0.2, 0.25) is 0 Å². The number of carbonyl (C=O) groups is 3. The highest BCUT2D eigenvalue weighted by Crippen LogP contribution is 2.25. The summed E-state index contributed by atoms with van der Waals surface area (Å²) in [6, 6.07) is 17.5. The van der Waals surface area contributed by atoms with Crippen LogP contribution in [0.3, 0.4) is 0 Å². The van der Waals surface area contributed by atoms with E-state index in [9.17, 15) is 18.8 Å². The third kappa shape index (κ3) is 8.94. The van der Waals surface area contributed by atoms with Gasteiger partial charge in [-0.25, -0.2) is 4.39 Å². The first kappa shape index (κ1) is 31.8. The highest BCUT2D eigenvalue weighted by molar-refractivity contribution is 5.99. The van der Waals surface area contributed by atoms with E-state index in [2.05, 4.69) is 29.5 Å². The number of carbonyl (C=O) groups excluding carboxylic acids is 3. The van der Waals surface area contributed by atoms with E-state index in [0.717, 1.165) is 24.8 Å². The molecule has 0 aliphatic carbocycles. The van der Waals surface area contributed by atoms with Crippen LogP contribution in [0.5, 0.6) is 0 Å². The van der Waals surface area contributed by atoms with Crippen LogP contribution in [0.25, 0.3) is 0 Å². The van der Waals surface area contributed by atoms with Crippen molar-refractivity contribution in [1.82, 2.24) is 15.2 Å². The first-order valence-electron chi connectivity index (χ1n) is 15.0. The molecule has 1 saturated heterocycles. The number of likely N-dealkylation sites (tertiary alicyclic amines) is 1. The Balaban J connectivity index is 1.46. The lowest BCUT2D eigenvalue weighted by atomic mass is 9.92. The molecule has 8 nitrogen and oxygen atoms in total. The van der Waals surface area contributed by atoms with Gasteiger partial charge in [-0.15, -0.1) is 0 Å². The van der Waals surface area contributed by atoms with Crippen molar-refractivity contribution in [3.8, 4) is 0 Å². The lowest BCUT2D eigenvalue weighted by Gasteiger charge is -2.27. The number of rotatable bonds is 12. The summed E-state index contributed by atoms with van der Waals surface area (Å²) in [5.41, 5.74) is 8.70. The zero-order valence-electron chi connectivity index (χ0n) is 25.1. The van der Waals surface area contributed by atoms with Gasteiger partial charge in [-0.2, -0.15) is 0 Å². The third-order valence-electron chi connectivity index (χ3n) is 7.94. The summed E-state index contributed by atoms with van der Waals surface area (Å²) in [6.45, 7) is 6.76. The second-order valence-electron chi connectivity index (χ2n) is 11.9. The lowest BCUT2D eigenvalue weighted by molar-refractivity contribution is -0.119. The Hall–Kier alpha value is -4.11. The van der Waals surface area contributed by atoms with Gasteiger partial charge in [-0.1, -0.05) is 51.1 Å². The topological polar surface area (TPSA) is 117 Å². The van der Waals surface area contributed by atoms with E-state index in [0.29, 0.717) is 36.6 Å². The van der Waals surface area contributed by atoms with Crippen LogP contribution in [-0.2, 0) is 11.2 Å². The summed E-state index contributed by atoms with van der Waals surface area (Å²) in [6.07, 6.45) is 5.12. The average Bonchev–Trinajstić information content (AvgIpc) is 3.45. The molecule has 4 N–H and O–H groups in total. The summed E-state index contributed by atoms with van der Waals surface area (Å²) in [4.78, 5) is 45.9. The largest absolute Gasteiger partial charge is 0.347 e. The van der Waals surface area contributed by atoms with Crippen molar-refractivity contribution >= 4 is 23.4 Å². The summed E-state index contributed by atoms with van der Waals surface area (Å²) >= 11 is 0. The molecule has 1 aromatic heterocycles. The molecule has 4 atom stereocenters. The zero-order chi connectivity index (χ0) is 30.9. The summed E-state index contributed by atoms with van der Waals surface area (Å²) in [7, 11) is 0. The Labute approximate surface area is 253 Å². The Morgan fingerprint density at radius 1 is 1.05 bits per heavy atom. The van der Waals surface area contributed by atoms with Gasteiger partial charge in [0.1, 0.15) is 11.5 Å². The van der Waals surface area contributed by atoms with Crippen LogP contribution in [0.1, 0.15) is 72.9 Å². The molecule has 2 heterocycles. The van der Waals surface area contributed by atoms with Crippen molar-refractivity contribution in [2.45, 2.75) is 71.0 Å². The molecule has 4 rings (SSSR count). The van der Waals surface area contributed by atoms with Gasteiger partial charge in [0, 0.05) is 48.0 Å². The number of aromatic nitrogens is 1. The number of halogens is 1. The number of amides is 3. The molecule has 0 radical (unpaired) electrons. The maximum atomic E-state index is 13.5. The van der Waals surface area contributed by atoms with Crippen molar-refractivity contribution < 1.29 is 18.8 Å². The zero-order valence-corrected chi connectivity index (χ0v) is 25.1. The van der Waals surface area contributed by atoms with Crippen LogP contribution in [0.15, 0.2) is 72.9 Å². The fourth-order valence-electron chi connectivity index (χ4n) is 5.64. The van der Waals surface area contributed by atoms with Gasteiger partial charge in [-0.05, 0) is 80.0 Å². The maximum absolute atomic E-state index is 13.5. The first-order valence-corrected chi connectivity index (χ1v) is 15.0. The summed E-state index contributed by atoms with van der Waals surface area (Å²) in [5.74, 6) is -1.15. The van der Waals surface area contributed by atoms with E-state index < -0.39 is 18.0 Å². The van der Waals surface area contributed by atoms with Gasteiger partial charge in [0.05, 0.1) is 0 Å². The molecule has 0 bridgehead atoms. The van der Waals surface area contributed by atoms with Gasteiger partial charge < -0.3 is 21.3 Å². The molecule has 0 spiro atoms. The molecule has 1 aliphatic rings. The number of benzene rings is 2. The van der Waals surface area contributed by atoms with E-state index in [1.165, 1.54) is 30.5 Å². The smallest absolute Gasteiger partial charge is 0.272 e. The highest BCUT2D eigenvalue weighted by atomic mass is 19.1. The molecular formula is C34H42FN5O3. The number of nitrogens with one attached hydrogen (secondary N) is 2. The minimum atomic E-state index is -0.553. The van der Waals surface area contributed by atoms with E-state index in [1.807, 2.05) is 35.2 Å². The monoisotopic (exact) mass is 587 g/mol. The number of nitrogens with zero attached hydrogens (tertiary/aromatic N) is 2. The van der Waals surface area contributed by atoms with Gasteiger partial charge in [-0.3, -0.25) is 19.4 Å². The van der Waals surface area contributed by atoms with Crippen LogP contribution >= 0.6 is 0 Å². The third-order valence-corrected chi connectivity index (χ3v) is 7.94. The van der Waals surface area contributed by atoms with Crippen LogP contribution in [-0.4, -0.2) is 52.3 Å². The molecular weight excluding hydrogens is 545 g/mol. The molecule has 228 valence electrons. The lowest BCUT2D eigenvalue weighted by Crippen LogP contribution is -2.50. The predicted octanol–water partition coefficient (Wildman–Crippen LogP) is 5.20. The molecule has 43 heavy (non-hydrogen) atoms. The standard InChI is InChI=1S/C34H42FN5O3/c1-22(2)18-28-10-7-17-40(28)34(43)31-21-25(15-16-37-31)33(42)39-30(20-24-8-5-4-6-9-24)29(36)19-23(3)32(41)38-27-13-11-26(35)12-14-27/h4-6,8-9,11-16,21-23,28-30H,7,10,17-20,36H2,1-3H3,(H,38,41)(H,39,42)/t23-,28-,29+,30+/m1/s1. The maximum Gasteiger partial charge on any atom is 0.272 e. The number of hydrogen-bond acceptors (Lipinski definition) is 5. The Morgan fingerprint density at radius 3 is 2.47 bits per heavy atom. The van der Waals surface area contributed by atoms with Gasteiger partial charge in [0.15, 0.2) is 0 Å². The summed E-state index contributed by atoms with van der Waals surface area (Å²) < 4.78 is 13.3. The first-order chi connectivity index (χ1) is 20.6. The van der Waals surface area contributed by atoms with Gasteiger partial charge >= 0.3 is 0 Å². The number of pyridine rings is 1. The van der Waals surface area contributed by atoms with Crippen molar-refractivity contribution in [2.24, 2.45) is 17.6 Å². The molecule has 0 saturated carbocycles. The highest BCUT2D eigenvalue weighted by Gasteiger charge is 2.31. The van der Waals surface area contributed by atoms with E-state index in [1.54, 1.807) is 19.1 Å². The van der Waals surface area contributed by atoms with Crippen molar-refractivity contribution in [3.05, 3.63) is 95.6 Å². The predicted molar refractivity (Wildman–Crippen MR) is 166 cm³/mol. The molecule has 9 heteroatoms. The molecule has 3 aromatic rings. The van der Waals surface area contributed by atoms with E-state index in [4.69, 9.17) is 5.73 Å².